The molecule has 0 amide bonds. The maximum absolute atomic E-state index is 9.49. The topological polar surface area (TPSA) is 46.2 Å². The van der Waals surface area contributed by atoms with E-state index in [1.54, 1.807) is 12.1 Å². The second-order valence-corrected chi connectivity index (χ2v) is 4.38. The first-order chi connectivity index (χ1) is 6.63. The molecule has 0 aromatic heterocycles. The van der Waals surface area contributed by atoms with Gasteiger partial charge in [0.25, 0.3) is 0 Å². The third-order valence-corrected chi connectivity index (χ3v) is 3.41. The van der Waals surface area contributed by atoms with E-state index in [-0.39, 0.29) is 11.3 Å². The highest BCUT2D eigenvalue weighted by Crippen LogP contribution is 2.41. The third kappa shape index (κ3) is 1.49. The molecule has 76 valence electrons. The first-order valence-electron chi connectivity index (χ1n) is 4.90. The van der Waals surface area contributed by atoms with Gasteiger partial charge in [0.05, 0.1) is 5.02 Å². The number of phenols is 1. The lowest BCUT2D eigenvalue weighted by molar-refractivity contribution is 0.447. The van der Waals surface area contributed by atoms with E-state index in [4.69, 9.17) is 17.3 Å². The molecule has 0 bridgehead atoms. The van der Waals surface area contributed by atoms with Crippen LogP contribution in [0, 0.1) is 0 Å². The van der Waals surface area contributed by atoms with Crippen molar-refractivity contribution < 1.29 is 5.11 Å². The van der Waals surface area contributed by atoms with E-state index < -0.39 is 0 Å². The monoisotopic (exact) mass is 211 g/mol. The number of hydrogen-bond donors (Lipinski definition) is 2. The molecule has 1 aromatic rings. The molecule has 1 aromatic carbocycles. The Hall–Kier alpha value is -0.730. The summed E-state index contributed by atoms with van der Waals surface area (Å²) >= 11 is 6.03. The molecule has 0 heterocycles. The van der Waals surface area contributed by atoms with Gasteiger partial charge in [0, 0.05) is 5.54 Å². The molecule has 1 saturated carbocycles. The second-order valence-electron chi connectivity index (χ2n) is 4.00. The molecular weight excluding hydrogens is 198 g/mol. The number of hydrogen-bond acceptors (Lipinski definition) is 2. The minimum atomic E-state index is -0.324. The van der Waals surface area contributed by atoms with E-state index in [9.17, 15) is 5.11 Å². The Labute approximate surface area is 88.7 Å². The van der Waals surface area contributed by atoms with Crippen LogP contribution in [0.25, 0.3) is 0 Å². The fourth-order valence-electron chi connectivity index (χ4n) is 2.18. The number of rotatable bonds is 1. The fourth-order valence-corrected chi connectivity index (χ4v) is 2.49. The third-order valence-electron chi connectivity index (χ3n) is 3.01. The lowest BCUT2D eigenvalue weighted by Gasteiger charge is -2.25. The summed E-state index contributed by atoms with van der Waals surface area (Å²) in [6, 6.07) is 5.29. The van der Waals surface area contributed by atoms with E-state index in [1.165, 1.54) is 0 Å². The number of phenolic OH excluding ortho intramolecular Hbond substituents is 1. The molecule has 0 radical (unpaired) electrons. The van der Waals surface area contributed by atoms with Crippen LogP contribution in [0.3, 0.4) is 0 Å². The Bertz CT molecular complexity index is 345. The molecule has 1 fully saturated rings. The molecular formula is C11H14ClNO. The van der Waals surface area contributed by atoms with Crippen LogP contribution in [0.2, 0.25) is 5.02 Å². The highest BCUT2D eigenvalue weighted by Gasteiger charge is 2.33. The summed E-state index contributed by atoms with van der Waals surface area (Å²) in [5.41, 5.74) is 6.82. The number of halogens is 1. The van der Waals surface area contributed by atoms with Crippen LogP contribution in [-0.4, -0.2) is 5.11 Å². The van der Waals surface area contributed by atoms with Crippen molar-refractivity contribution in [3.63, 3.8) is 0 Å². The molecule has 1 aliphatic rings. The summed E-state index contributed by atoms with van der Waals surface area (Å²) in [5.74, 6) is 0.126. The van der Waals surface area contributed by atoms with Crippen molar-refractivity contribution in [3.8, 4) is 5.75 Å². The predicted octanol–water partition coefficient (Wildman–Crippen LogP) is 2.77. The Morgan fingerprint density at radius 1 is 1.29 bits per heavy atom. The standard InChI is InChI=1S/C11H14ClNO/c12-10-8(4-3-5-9(10)14)11(13)6-1-2-7-11/h3-5,14H,1-2,6-7,13H2. The van der Waals surface area contributed by atoms with Crippen LogP contribution in [0.5, 0.6) is 5.75 Å². The zero-order chi connectivity index (χ0) is 10.2. The van der Waals surface area contributed by atoms with E-state index in [2.05, 4.69) is 0 Å². The van der Waals surface area contributed by atoms with Gasteiger partial charge in [-0.1, -0.05) is 36.6 Å². The molecule has 3 N–H and O–H groups in total. The summed E-state index contributed by atoms with van der Waals surface area (Å²) < 4.78 is 0. The molecule has 14 heavy (non-hydrogen) atoms. The Morgan fingerprint density at radius 3 is 2.57 bits per heavy atom. The lowest BCUT2D eigenvalue weighted by atomic mass is 9.89. The summed E-state index contributed by atoms with van der Waals surface area (Å²) in [7, 11) is 0. The first kappa shape index (κ1) is 9.81. The predicted molar refractivity (Wildman–Crippen MR) is 57.5 cm³/mol. The highest BCUT2D eigenvalue weighted by molar-refractivity contribution is 6.32. The largest absolute Gasteiger partial charge is 0.506 e. The van der Waals surface area contributed by atoms with Crippen molar-refractivity contribution in [2.75, 3.05) is 0 Å². The SMILES string of the molecule is NC1(c2cccc(O)c2Cl)CCCC1. The summed E-state index contributed by atoms with van der Waals surface area (Å²) in [4.78, 5) is 0. The zero-order valence-electron chi connectivity index (χ0n) is 7.96. The zero-order valence-corrected chi connectivity index (χ0v) is 8.72. The van der Waals surface area contributed by atoms with Gasteiger partial charge in [0.1, 0.15) is 5.75 Å². The maximum atomic E-state index is 9.49. The molecule has 0 aliphatic heterocycles. The van der Waals surface area contributed by atoms with Gasteiger partial charge in [-0.3, -0.25) is 0 Å². The smallest absolute Gasteiger partial charge is 0.134 e. The van der Waals surface area contributed by atoms with Crippen molar-refractivity contribution in [1.82, 2.24) is 0 Å². The van der Waals surface area contributed by atoms with E-state index >= 15 is 0 Å². The van der Waals surface area contributed by atoms with Gasteiger partial charge in [-0.05, 0) is 24.5 Å². The quantitative estimate of drug-likeness (QED) is 0.751. The van der Waals surface area contributed by atoms with Crippen molar-refractivity contribution in [2.24, 2.45) is 5.73 Å². The summed E-state index contributed by atoms with van der Waals surface area (Å²) in [6.45, 7) is 0. The molecule has 0 atom stereocenters. The molecule has 2 rings (SSSR count). The molecule has 0 unspecified atom stereocenters. The van der Waals surface area contributed by atoms with Gasteiger partial charge >= 0.3 is 0 Å². The van der Waals surface area contributed by atoms with Crippen LogP contribution in [0.15, 0.2) is 18.2 Å². The van der Waals surface area contributed by atoms with Crippen molar-refractivity contribution in [2.45, 2.75) is 31.2 Å². The van der Waals surface area contributed by atoms with Gasteiger partial charge < -0.3 is 10.8 Å². The van der Waals surface area contributed by atoms with Gasteiger partial charge in [0.15, 0.2) is 0 Å². The Kier molecular flexibility index (Phi) is 2.41. The van der Waals surface area contributed by atoms with Crippen LogP contribution < -0.4 is 5.73 Å². The Balaban J connectivity index is 2.45. The van der Waals surface area contributed by atoms with Crippen molar-refractivity contribution in [3.05, 3.63) is 28.8 Å². The number of aromatic hydroxyl groups is 1. The fraction of sp³-hybridized carbons (Fsp3) is 0.455. The van der Waals surface area contributed by atoms with Crippen LogP contribution in [0.1, 0.15) is 31.2 Å². The number of nitrogens with two attached hydrogens (primary N) is 1. The Morgan fingerprint density at radius 2 is 1.93 bits per heavy atom. The molecule has 0 spiro atoms. The van der Waals surface area contributed by atoms with Gasteiger partial charge in [-0.25, -0.2) is 0 Å². The van der Waals surface area contributed by atoms with Crippen LogP contribution >= 0.6 is 11.6 Å². The summed E-state index contributed by atoms with van der Waals surface area (Å²) in [5, 5.41) is 9.90. The normalized spacial score (nSPS) is 19.9. The maximum Gasteiger partial charge on any atom is 0.134 e. The average Bonchev–Trinajstić information content (AvgIpc) is 2.58. The molecule has 1 aliphatic carbocycles. The van der Waals surface area contributed by atoms with Gasteiger partial charge in [-0.15, -0.1) is 0 Å². The van der Waals surface area contributed by atoms with E-state index in [1.807, 2.05) is 6.07 Å². The highest BCUT2D eigenvalue weighted by atomic mass is 35.5. The van der Waals surface area contributed by atoms with E-state index in [0.717, 1.165) is 31.2 Å². The van der Waals surface area contributed by atoms with Crippen LogP contribution in [0.4, 0.5) is 0 Å². The molecule has 0 saturated heterocycles. The molecule has 3 heteroatoms. The van der Waals surface area contributed by atoms with Crippen LogP contribution in [-0.2, 0) is 5.54 Å². The van der Waals surface area contributed by atoms with E-state index in [0.29, 0.717) is 5.02 Å². The van der Waals surface area contributed by atoms with Crippen molar-refractivity contribution in [1.29, 1.82) is 0 Å². The minimum absolute atomic E-state index is 0.126. The lowest BCUT2D eigenvalue weighted by Crippen LogP contribution is -2.33. The molecule has 2 nitrogen and oxygen atoms in total. The first-order valence-corrected chi connectivity index (χ1v) is 5.28. The second kappa shape index (κ2) is 3.44. The number of benzene rings is 1. The minimum Gasteiger partial charge on any atom is -0.506 e. The van der Waals surface area contributed by atoms with Crippen molar-refractivity contribution >= 4 is 11.6 Å². The van der Waals surface area contributed by atoms with Gasteiger partial charge in [-0.2, -0.15) is 0 Å². The average molecular weight is 212 g/mol. The van der Waals surface area contributed by atoms with Gasteiger partial charge in [0.2, 0.25) is 0 Å². The summed E-state index contributed by atoms with van der Waals surface area (Å²) in [6.07, 6.45) is 4.19.